The van der Waals surface area contributed by atoms with Gasteiger partial charge >= 0.3 is 6.18 Å². The van der Waals surface area contributed by atoms with Crippen LogP contribution < -0.4 is 5.32 Å². The Balaban J connectivity index is 2.30. The van der Waals surface area contributed by atoms with E-state index in [1.807, 2.05) is 6.92 Å². The summed E-state index contributed by atoms with van der Waals surface area (Å²) < 4.78 is 38.5. The van der Waals surface area contributed by atoms with E-state index in [0.717, 1.165) is 23.1 Å². The maximum absolute atomic E-state index is 12.8. The number of halogens is 3. The van der Waals surface area contributed by atoms with Gasteiger partial charge in [-0.2, -0.15) is 13.2 Å². The summed E-state index contributed by atoms with van der Waals surface area (Å²) in [5.41, 5.74) is 0. The fraction of sp³-hybridized carbons (Fsp3) is 0.308. The van der Waals surface area contributed by atoms with Crippen LogP contribution in [0.5, 0.6) is 0 Å². The van der Waals surface area contributed by atoms with Crippen molar-refractivity contribution in [2.45, 2.75) is 29.4 Å². The number of hydrogen-bond donors (Lipinski definition) is 1. The van der Waals surface area contributed by atoms with Crippen molar-refractivity contribution in [1.29, 1.82) is 0 Å². The van der Waals surface area contributed by atoms with Crippen molar-refractivity contribution in [3.8, 4) is 0 Å². The highest BCUT2D eigenvalue weighted by molar-refractivity contribution is 7.99. The molecule has 2 heterocycles. The lowest BCUT2D eigenvalue weighted by atomic mass is 10.4. The van der Waals surface area contributed by atoms with E-state index in [2.05, 4.69) is 20.3 Å². The van der Waals surface area contributed by atoms with Gasteiger partial charge in [0.05, 0.1) is 0 Å². The molecular formula is C13H13F3N4S. The highest BCUT2D eigenvalue weighted by atomic mass is 32.2. The molecule has 0 unspecified atom stereocenters. The number of anilines is 1. The van der Waals surface area contributed by atoms with Crippen LogP contribution in [0.2, 0.25) is 0 Å². The lowest BCUT2D eigenvalue weighted by Gasteiger charge is -2.11. The maximum atomic E-state index is 12.8. The second kappa shape index (κ2) is 6.75. The van der Waals surface area contributed by atoms with Crippen molar-refractivity contribution in [3.63, 3.8) is 0 Å². The molecule has 112 valence electrons. The van der Waals surface area contributed by atoms with Gasteiger partial charge in [-0.15, -0.1) is 0 Å². The van der Waals surface area contributed by atoms with Crippen LogP contribution in [0.25, 0.3) is 0 Å². The first-order valence-corrected chi connectivity index (χ1v) is 7.08. The van der Waals surface area contributed by atoms with Gasteiger partial charge in [0.25, 0.3) is 0 Å². The topological polar surface area (TPSA) is 50.7 Å². The third-order valence-electron chi connectivity index (χ3n) is 2.38. The maximum Gasteiger partial charge on any atom is 0.451 e. The summed E-state index contributed by atoms with van der Waals surface area (Å²) in [5.74, 6) is -0.962. The minimum Gasteiger partial charge on any atom is -0.370 e. The Bertz CT molecular complexity index is 590. The average Bonchev–Trinajstić information content (AvgIpc) is 2.45. The molecule has 0 fully saturated rings. The number of alkyl halides is 3. The Morgan fingerprint density at radius 1 is 1.19 bits per heavy atom. The molecule has 0 saturated carbocycles. The van der Waals surface area contributed by atoms with Gasteiger partial charge < -0.3 is 5.32 Å². The Hall–Kier alpha value is -1.83. The standard InChI is InChI=1S/C13H13F3N4S/c1-2-5-18-10-8-11(20-12(19-10)13(14,15)16)21-9-3-6-17-7-4-9/h3-4,6-8H,2,5H2,1H3,(H,18,19,20). The van der Waals surface area contributed by atoms with Gasteiger partial charge in [-0.25, -0.2) is 9.97 Å². The van der Waals surface area contributed by atoms with Gasteiger partial charge in [0.15, 0.2) is 0 Å². The van der Waals surface area contributed by atoms with E-state index < -0.39 is 12.0 Å². The van der Waals surface area contributed by atoms with E-state index in [4.69, 9.17) is 0 Å². The normalized spacial score (nSPS) is 11.4. The Labute approximate surface area is 124 Å². The molecule has 8 heteroatoms. The summed E-state index contributed by atoms with van der Waals surface area (Å²) in [5, 5.41) is 3.09. The number of rotatable bonds is 5. The molecule has 4 nitrogen and oxygen atoms in total. The van der Waals surface area contributed by atoms with E-state index in [-0.39, 0.29) is 10.8 Å². The second-order valence-corrected chi connectivity index (χ2v) is 5.22. The van der Waals surface area contributed by atoms with E-state index in [1.165, 1.54) is 6.07 Å². The van der Waals surface area contributed by atoms with Crippen LogP contribution in [-0.2, 0) is 6.18 Å². The van der Waals surface area contributed by atoms with Crippen molar-refractivity contribution in [1.82, 2.24) is 15.0 Å². The smallest absolute Gasteiger partial charge is 0.370 e. The van der Waals surface area contributed by atoms with Crippen LogP contribution in [-0.4, -0.2) is 21.5 Å². The summed E-state index contributed by atoms with van der Waals surface area (Å²) in [4.78, 5) is 11.7. The van der Waals surface area contributed by atoms with Crippen molar-refractivity contribution < 1.29 is 13.2 Å². The number of nitrogens with one attached hydrogen (secondary N) is 1. The zero-order valence-corrected chi connectivity index (χ0v) is 12.0. The third-order valence-corrected chi connectivity index (χ3v) is 3.31. The number of aromatic nitrogens is 3. The Morgan fingerprint density at radius 2 is 1.90 bits per heavy atom. The van der Waals surface area contributed by atoms with Gasteiger partial charge in [0, 0.05) is 29.9 Å². The lowest BCUT2D eigenvalue weighted by Crippen LogP contribution is -2.14. The molecular weight excluding hydrogens is 301 g/mol. The predicted molar refractivity (Wildman–Crippen MR) is 74.2 cm³/mol. The fourth-order valence-electron chi connectivity index (χ4n) is 1.47. The molecule has 0 aliphatic heterocycles. The van der Waals surface area contributed by atoms with Gasteiger partial charge in [0.1, 0.15) is 10.8 Å². The average molecular weight is 314 g/mol. The molecule has 0 saturated heterocycles. The summed E-state index contributed by atoms with van der Waals surface area (Å²) in [6, 6.07) is 4.92. The second-order valence-electron chi connectivity index (χ2n) is 4.12. The van der Waals surface area contributed by atoms with E-state index in [1.54, 1.807) is 24.5 Å². The zero-order chi connectivity index (χ0) is 15.3. The minimum absolute atomic E-state index is 0.177. The molecule has 0 atom stereocenters. The van der Waals surface area contributed by atoms with Crippen molar-refractivity contribution >= 4 is 17.6 Å². The summed E-state index contributed by atoms with van der Waals surface area (Å²) in [7, 11) is 0. The number of pyridine rings is 1. The Kier molecular flexibility index (Phi) is 5.00. The predicted octanol–water partition coefficient (Wildman–Crippen LogP) is 3.86. The SMILES string of the molecule is CCCNc1cc(Sc2ccncc2)nc(C(F)(F)F)n1. The van der Waals surface area contributed by atoms with Crippen molar-refractivity contribution in [3.05, 3.63) is 36.4 Å². The highest BCUT2D eigenvalue weighted by Gasteiger charge is 2.35. The molecule has 0 aliphatic rings. The molecule has 1 N–H and O–H groups in total. The molecule has 0 bridgehead atoms. The Morgan fingerprint density at radius 3 is 2.52 bits per heavy atom. The molecule has 2 aromatic rings. The first-order chi connectivity index (χ1) is 9.99. The molecule has 2 aromatic heterocycles. The van der Waals surface area contributed by atoms with Crippen LogP contribution in [0.15, 0.2) is 40.5 Å². The van der Waals surface area contributed by atoms with Crippen LogP contribution in [0.3, 0.4) is 0 Å². The van der Waals surface area contributed by atoms with Gasteiger partial charge in [-0.05, 0) is 18.6 Å². The first-order valence-electron chi connectivity index (χ1n) is 6.27. The van der Waals surface area contributed by atoms with Crippen LogP contribution in [0, 0.1) is 0 Å². The van der Waals surface area contributed by atoms with Crippen molar-refractivity contribution in [2.24, 2.45) is 0 Å². The van der Waals surface area contributed by atoms with E-state index in [0.29, 0.717) is 6.54 Å². The third kappa shape index (κ3) is 4.59. The van der Waals surface area contributed by atoms with E-state index >= 15 is 0 Å². The molecule has 21 heavy (non-hydrogen) atoms. The summed E-state index contributed by atoms with van der Waals surface area (Å²) in [6.07, 6.45) is -0.634. The fourth-order valence-corrected chi connectivity index (χ4v) is 2.28. The van der Waals surface area contributed by atoms with Gasteiger partial charge in [0.2, 0.25) is 5.82 Å². The lowest BCUT2D eigenvalue weighted by molar-refractivity contribution is -0.145. The highest BCUT2D eigenvalue weighted by Crippen LogP contribution is 2.32. The molecule has 0 amide bonds. The molecule has 0 radical (unpaired) electrons. The summed E-state index contributed by atoms with van der Waals surface area (Å²) >= 11 is 1.13. The van der Waals surface area contributed by atoms with E-state index in [9.17, 15) is 13.2 Å². The number of nitrogens with zero attached hydrogens (tertiary/aromatic N) is 3. The van der Waals surface area contributed by atoms with Crippen LogP contribution in [0.4, 0.5) is 19.0 Å². The van der Waals surface area contributed by atoms with Crippen molar-refractivity contribution in [2.75, 3.05) is 11.9 Å². The van der Waals surface area contributed by atoms with Gasteiger partial charge in [-0.1, -0.05) is 18.7 Å². The minimum atomic E-state index is -4.57. The monoisotopic (exact) mass is 314 g/mol. The molecule has 2 rings (SSSR count). The van der Waals surface area contributed by atoms with Crippen LogP contribution >= 0.6 is 11.8 Å². The summed E-state index contributed by atoms with van der Waals surface area (Å²) in [6.45, 7) is 2.47. The quantitative estimate of drug-likeness (QED) is 0.849. The molecule has 0 aliphatic carbocycles. The zero-order valence-electron chi connectivity index (χ0n) is 11.2. The first kappa shape index (κ1) is 15.6. The number of hydrogen-bond acceptors (Lipinski definition) is 5. The van der Waals surface area contributed by atoms with Gasteiger partial charge in [-0.3, -0.25) is 4.98 Å². The molecule has 0 spiro atoms. The largest absolute Gasteiger partial charge is 0.451 e. The molecule has 0 aromatic carbocycles. The van der Waals surface area contributed by atoms with Crippen LogP contribution in [0.1, 0.15) is 19.2 Å².